The zero-order chi connectivity index (χ0) is 16.2. The number of hydrogen-bond donors (Lipinski definition) is 1. The molecule has 6 heteroatoms. The molecule has 0 bridgehead atoms. The highest BCUT2D eigenvalue weighted by atomic mass is 32.2. The summed E-state index contributed by atoms with van der Waals surface area (Å²) >= 11 is 0. The highest BCUT2D eigenvalue weighted by Crippen LogP contribution is 2.23. The van der Waals surface area contributed by atoms with Crippen LogP contribution in [0.1, 0.15) is 39.2 Å². The van der Waals surface area contributed by atoms with Gasteiger partial charge in [-0.05, 0) is 49.0 Å². The van der Waals surface area contributed by atoms with Crippen LogP contribution in [0.4, 0.5) is 0 Å². The summed E-state index contributed by atoms with van der Waals surface area (Å²) in [7, 11) is -3.61. The van der Waals surface area contributed by atoms with Gasteiger partial charge in [0.05, 0.1) is 11.5 Å². The molecule has 1 aromatic carbocycles. The van der Waals surface area contributed by atoms with Crippen molar-refractivity contribution < 1.29 is 13.3 Å². The fourth-order valence-electron chi connectivity index (χ4n) is 2.48. The fourth-order valence-corrected chi connectivity index (χ4v) is 3.31. The maximum Gasteiger partial charge on any atom is 0.262 e. The molecular weight excluding hydrogens is 300 g/mol. The zero-order valence-corrected chi connectivity index (χ0v) is 14.4. The van der Waals surface area contributed by atoms with Gasteiger partial charge in [-0.25, -0.2) is 8.42 Å². The number of nitrogens with one attached hydrogen (secondary N) is 1. The monoisotopic (exact) mass is 326 g/mol. The molecule has 1 heterocycles. The minimum absolute atomic E-state index is 0.00193. The van der Waals surface area contributed by atoms with Crippen molar-refractivity contribution in [1.82, 2.24) is 9.79 Å². The van der Waals surface area contributed by atoms with Gasteiger partial charge in [0.1, 0.15) is 0 Å². The average molecular weight is 326 g/mol. The van der Waals surface area contributed by atoms with Crippen LogP contribution < -0.4 is 4.89 Å². The normalized spacial score (nSPS) is 17.0. The van der Waals surface area contributed by atoms with E-state index < -0.39 is 10.0 Å². The molecular formula is C16H26N2O3S. The van der Waals surface area contributed by atoms with E-state index in [2.05, 4.69) is 30.6 Å². The first-order valence-corrected chi connectivity index (χ1v) is 9.24. The number of rotatable bonds is 6. The predicted molar refractivity (Wildman–Crippen MR) is 87.1 cm³/mol. The van der Waals surface area contributed by atoms with E-state index in [1.807, 2.05) is 12.1 Å². The minimum atomic E-state index is -3.61. The Balaban J connectivity index is 1.86. The first-order valence-electron chi connectivity index (χ1n) is 7.75. The van der Waals surface area contributed by atoms with E-state index >= 15 is 0 Å². The van der Waals surface area contributed by atoms with Gasteiger partial charge >= 0.3 is 0 Å². The molecule has 0 aromatic heterocycles. The minimum Gasteiger partial charge on any atom is -0.301 e. The molecule has 1 aliphatic heterocycles. The van der Waals surface area contributed by atoms with Crippen LogP contribution in [-0.2, 0) is 20.3 Å². The van der Waals surface area contributed by atoms with E-state index in [9.17, 15) is 8.42 Å². The molecule has 0 spiro atoms. The lowest BCUT2D eigenvalue weighted by Crippen LogP contribution is -2.30. The highest BCUT2D eigenvalue weighted by molar-refractivity contribution is 7.89. The van der Waals surface area contributed by atoms with Crippen LogP contribution in [0, 0.1) is 0 Å². The lowest BCUT2D eigenvalue weighted by Gasteiger charge is -2.19. The van der Waals surface area contributed by atoms with Gasteiger partial charge in [0.2, 0.25) is 0 Å². The Labute approximate surface area is 133 Å². The molecule has 124 valence electrons. The van der Waals surface area contributed by atoms with Gasteiger partial charge in [-0.1, -0.05) is 37.8 Å². The average Bonchev–Trinajstić information content (AvgIpc) is 2.96. The molecule has 5 nitrogen and oxygen atoms in total. The summed E-state index contributed by atoms with van der Waals surface area (Å²) in [6.07, 6.45) is 2.43. The zero-order valence-electron chi connectivity index (χ0n) is 13.6. The molecule has 1 aromatic rings. The summed E-state index contributed by atoms with van der Waals surface area (Å²) in [5, 5.41) is 0. The Morgan fingerprint density at radius 2 is 1.73 bits per heavy atom. The number of benzene rings is 1. The van der Waals surface area contributed by atoms with Gasteiger partial charge in [-0.2, -0.15) is 0 Å². The van der Waals surface area contributed by atoms with Gasteiger partial charge in [0.15, 0.2) is 0 Å². The topological polar surface area (TPSA) is 58.6 Å². The van der Waals surface area contributed by atoms with Crippen molar-refractivity contribution in [2.75, 3.05) is 26.2 Å². The molecule has 0 unspecified atom stereocenters. The van der Waals surface area contributed by atoms with Gasteiger partial charge in [0.25, 0.3) is 10.0 Å². The molecule has 0 aliphatic carbocycles. The van der Waals surface area contributed by atoms with Crippen LogP contribution >= 0.6 is 0 Å². The number of hydrogen-bond acceptors (Lipinski definition) is 4. The Kier molecular flexibility index (Phi) is 5.60. The second-order valence-corrected chi connectivity index (χ2v) is 8.40. The number of sulfonamides is 1. The lowest BCUT2D eigenvalue weighted by atomic mass is 9.87. The first-order chi connectivity index (χ1) is 10.3. The molecule has 0 radical (unpaired) electrons. The molecule has 22 heavy (non-hydrogen) atoms. The SMILES string of the molecule is CC(C)(C)c1ccc(S(=O)(=O)NOCCN2CCCC2)cc1. The van der Waals surface area contributed by atoms with E-state index in [-0.39, 0.29) is 10.3 Å². The Hall–Kier alpha value is -0.950. The number of nitrogens with zero attached hydrogens (tertiary/aromatic N) is 1. The standard InChI is InChI=1S/C16H26N2O3S/c1-16(2,3)14-6-8-15(9-7-14)22(19,20)17-21-13-12-18-10-4-5-11-18/h6-9,17H,4-5,10-13H2,1-3H3. The Morgan fingerprint density at radius 3 is 2.27 bits per heavy atom. The van der Waals surface area contributed by atoms with Gasteiger partial charge in [-0.15, -0.1) is 0 Å². The van der Waals surface area contributed by atoms with Crippen LogP contribution in [-0.4, -0.2) is 39.6 Å². The molecule has 1 aliphatic rings. The molecule has 0 saturated carbocycles. The van der Waals surface area contributed by atoms with E-state index in [4.69, 9.17) is 4.84 Å². The summed E-state index contributed by atoms with van der Waals surface area (Å²) in [4.78, 5) is 9.83. The predicted octanol–water partition coefficient (Wildman–Crippen LogP) is 2.29. The number of likely N-dealkylation sites (tertiary alicyclic amines) is 1. The third-order valence-electron chi connectivity index (χ3n) is 3.91. The largest absolute Gasteiger partial charge is 0.301 e. The smallest absolute Gasteiger partial charge is 0.262 e. The van der Waals surface area contributed by atoms with Crippen LogP contribution in [0.15, 0.2) is 29.2 Å². The lowest BCUT2D eigenvalue weighted by molar-refractivity contribution is 0.0756. The summed E-state index contributed by atoms with van der Waals surface area (Å²) < 4.78 is 24.3. The van der Waals surface area contributed by atoms with Crippen molar-refractivity contribution in [1.29, 1.82) is 0 Å². The van der Waals surface area contributed by atoms with Crippen molar-refractivity contribution in [3.8, 4) is 0 Å². The highest BCUT2D eigenvalue weighted by Gasteiger charge is 2.18. The van der Waals surface area contributed by atoms with Gasteiger partial charge in [0, 0.05) is 6.54 Å². The van der Waals surface area contributed by atoms with Crippen molar-refractivity contribution >= 4 is 10.0 Å². The maximum absolute atomic E-state index is 12.1. The second kappa shape index (κ2) is 7.08. The third kappa shape index (κ3) is 4.78. The van der Waals surface area contributed by atoms with E-state index in [0.717, 1.165) is 25.2 Å². The molecule has 0 amide bonds. The van der Waals surface area contributed by atoms with Crippen molar-refractivity contribution in [3.05, 3.63) is 29.8 Å². The Bertz CT molecular complexity index is 570. The van der Waals surface area contributed by atoms with Gasteiger partial charge in [-0.3, -0.25) is 4.84 Å². The second-order valence-electron chi connectivity index (χ2n) is 6.76. The maximum atomic E-state index is 12.1. The third-order valence-corrected chi connectivity index (χ3v) is 5.14. The van der Waals surface area contributed by atoms with E-state index in [0.29, 0.717) is 6.61 Å². The summed E-state index contributed by atoms with van der Waals surface area (Å²) in [5.41, 5.74) is 1.10. The molecule has 2 rings (SSSR count). The first kappa shape index (κ1) is 17.4. The molecule has 1 N–H and O–H groups in total. The summed E-state index contributed by atoms with van der Waals surface area (Å²) in [5.74, 6) is 0. The quantitative estimate of drug-likeness (QED) is 0.644. The van der Waals surface area contributed by atoms with E-state index in [1.165, 1.54) is 12.8 Å². The van der Waals surface area contributed by atoms with Crippen molar-refractivity contribution in [3.63, 3.8) is 0 Å². The van der Waals surface area contributed by atoms with Crippen molar-refractivity contribution in [2.45, 2.75) is 43.9 Å². The molecule has 1 saturated heterocycles. The van der Waals surface area contributed by atoms with E-state index in [1.54, 1.807) is 12.1 Å². The van der Waals surface area contributed by atoms with Crippen LogP contribution in [0.2, 0.25) is 0 Å². The van der Waals surface area contributed by atoms with Crippen LogP contribution in [0.3, 0.4) is 0 Å². The van der Waals surface area contributed by atoms with Crippen LogP contribution in [0.5, 0.6) is 0 Å². The summed E-state index contributed by atoms with van der Waals surface area (Å²) in [6, 6.07) is 6.93. The Morgan fingerprint density at radius 1 is 1.14 bits per heavy atom. The van der Waals surface area contributed by atoms with Crippen LogP contribution in [0.25, 0.3) is 0 Å². The molecule has 0 atom stereocenters. The fraction of sp³-hybridized carbons (Fsp3) is 0.625. The summed E-state index contributed by atoms with van der Waals surface area (Å²) in [6.45, 7) is 9.54. The molecule has 1 fully saturated rings. The van der Waals surface area contributed by atoms with Gasteiger partial charge < -0.3 is 4.90 Å². The van der Waals surface area contributed by atoms with Crippen molar-refractivity contribution in [2.24, 2.45) is 0 Å².